The van der Waals surface area contributed by atoms with Crippen molar-refractivity contribution in [3.05, 3.63) is 48.0 Å². The van der Waals surface area contributed by atoms with E-state index in [1.54, 1.807) is 7.11 Å². The molecule has 0 bridgehead atoms. The van der Waals surface area contributed by atoms with E-state index in [9.17, 15) is 8.42 Å². The molecule has 8 heteroatoms. The van der Waals surface area contributed by atoms with E-state index < -0.39 is 10.0 Å². The summed E-state index contributed by atoms with van der Waals surface area (Å²) in [6.07, 6.45) is 4.81. The summed E-state index contributed by atoms with van der Waals surface area (Å²) < 4.78 is 32.9. The van der Waals surface area contributed by atoms with Gasteiger partial charge in [0, 0.05) is 18.9 Å². The van der Waals surface area contributed by atoms with Gasteiger partial charge >= 0.3 is 0 Å². The number of methoxy groups -OCH3 is 1. The first-order valence-corrected chi connectivity index (χ1v) is 8.90. The zero-order valence-corrected chi connectivity index (χ0v) is 14.2. The van der Waals surface area contributed by atoms with E-state index >= 15 is 0 Å². The lowest BCUT2D eigenvalue weighted by Gasteiger charge is -2.10. The van der Waals surface area contributed by atoms with Crippen molar-refractivity contribution in [2.24, 2.45) is 0 Å². The second-order valence-corrected chi connectivity index (χ2v) is 7.14. The number of nitrogens with zero attached hydrogens (tertiary/aromatic N) is 2. The van der Waals surface area contributed by atoms with Crippen LogP contribution < -0.4 is 9.46 Å². The van der Waals surface area contributed by atoms with Gasteiger partial charge in [0.25, 0.3) is 0 Å². The Bertz CT molecular complexity index is 966. The van der Waals surface area contributed by atoms with Gasteiger partial charge in [0.15, 0.2) is 0 Å². The number of aromatic amines is 1. The average molecular weight is 346 g/mol. The number of nitrogens with one attached hydrogen (secondary N) is 2. The zero-order valence-electron chi connectivity index (χ0n) is 13.4. The molecule has 0 spiro atoms. The molecular formula is C16H18N4O3S. The van der Waals surface area contributed by atoms with Crippen molar-refractivity contribution in [1.29, 1.82) is 0 Å². The molecule has 0 aliphatic carbocycles. The van der Waals surface area contributed by atoms with Crippen molar-refractivity contribution >= 4 is 21.1 Å². The maximum atomic E-state index is 12.5. The molecule has 2 heterocycles. The molecule has 0 saturated carbocycles. The van der Waals surface area contributed by atoms with Crippen molar-refractivity contribution in [2.75, 3.05) is 13.7 Å². The predicted molar refractivity (Wildman–Crippen MR) is 90.5 cm³/mol. The number of benzene rings is 1. The monoisotopic (exact) mass is 346 g/mol. The molecule has 2 N–H and O–H groups in total. The highest BCUT2D eigenvalue weighted by molar-refractivity contribution is 7.89. The highest BCUT2D eigenvalue weighted by Crippen LogP contribution is 2.21. The maximum absolute atomic E-state index is 12.5. The van der Waals surface area contributed by atoms with Gasteiger partial charge in [0.2, 0.25) is 10.0 Å². The van der Waals surface area contributed by atoms with Gasteiger partial charge in [0.05, 0.1) is 12.5 Å². The fourth-order valence-corrected chi connectivity index (χ4v) is 3.74. The Morgan fingerprint density at radius 3 is 2.96 bits per heavy atom. The number of ether oxygens (including phenoxy) is 1. The molecule has 1 aromatic carbocycles. The van der Waals surface area contributed by atoms with Gasteiger partial charge in [-0.05, 0) is 25.0 Å². The first-order valence-electron chi connectivity index (χ1n) is 7.41. The highest BCUT2D eigenvalue weighted by atomic mass is 32.2. The van der Waals surface area contributed by atoms with Crippen LogP contribution in [0.25, 0.3) is 11.0 Å². The second kappa shape index (κ2) is 6.58. The average Bonchev–Trinajstić information content (AvgIpc) is 3.00. The van der Waals surface area contributed by atoms with E-state index in [1.165, 1.54) is 18.7 Å². The Morgan fingerprint density at radius 2 is 2.17 bits per heavy atom. The summed E-state index contributed by atoms with van der Waals surface area (Å²) in [6.45, 7) is 2.25. The molecule has 0 fully saturated rings. The van der Waals surface area contributed by atoms with E-state index in [2.05, 4.69) is 19.7 Å². The third kappa shape index (κ3) is 3.24. The summed E-state index contributed by atoms with van der Waals surface area (Å²) in [5.41, 5.74) is 2.55. The van der Waals surface area contributed by atoms with Crippen molar-refractivity contribution in [3.63, 3.8) is 0 Å². The van der Waals surface area contributed by atoms with Gasteiger partial charge < -0.3 is 9.72 Å². The standard InChI is InChI=1S/C16H18N4O3S/c1-11-3-4-14(23-2)12(7-11)5-6-20-24(21,22)15-9-18-16-13(15)8-17-10-19-16/h3-4,7-10,20H,5-6H2,1-2H3,(H,17,18,19). The minimum absolute atomic E-state index is 0.148. The van der Waals surface area contributed by atoms with Crippen LogP contribution in [0.2, 0.25) is 0 Å². The number of hydrogen-bond donors (Lipinski definition) is 2. The first kappa shape index (κ1) is 16.4. The van der Waals surface area contributed by atoms with Crippen molar-refractivity contribution in [1.82, 2.24) is 19.7 Å². The molecule has 0 amide bonds. The van der Waals surface area contributed by atoms with Gasteiger partial charge in [-0.15, -0.1) is 0 Å². The molecule has 126 valence electrons. The molecule has 24 heavy (non-hydrogen) atoms. The fraction of sp³-hybridized carbons (Fsp3) is 0.250. The SMILES string of the molecule is COc1ccc(C)cc1CCNS(=O)(=O)c1c[nH]c2ncncc12. The smallest absolute Gasteiger partial charge is 0.242 e. The minimum Gasteiger partial charge on any atom is -0.496 e. The maximum Gasteiger partial charge on any atom is 0.242 e. The van der Waals surface area contributed by atoms with Crippen molar-refractivity contribution < 1.29 is 13.2 Å². The number of fused-ring (bicyclic) bond motifs is 1. The fourth-order valence-electron chi connectivity index (χ4n) is 2.56. The van der Waals surface area contributed by atoms with Crippen LogP contribution in [0, 0.1) is 6.92 Å². The van der Waals surface area contributed by atoms with E-state index in [0.717, 1.165) is 16.9 Å². The molecule has 3 rings (SSSR count). The molecule has 2 aromatic heterocycles. The van der Waals surface area contributed by atoms with Crippen LogP contribution in [0.5, 0.6) is 5.75 Å². The molecule has 0 aliphatic heterocycles. The van der Waals surface area contributed by atoms with E-state index in [0.29, 0.717) is 17.5 Å². The summed E-state index contributed by atoms with van der Waals surface area (Å²) >= 11 is 0. The Kier molecular flexibility index (Phi) is 4.50. The Hall–Kier alpha value is -2.45. The molecule has 7 nitrogen and oxygen atoms in total. The quantitative estimate of drug-likeness (QED) is 0.709. The van der Waals surface area contributed by atoms with Crippen LogP contribution in [-0.4, -0.2) is 37.0 Å². The lowest BCUT2D eigenvalue weighted by Crippen LogP contribution is -2.26. The van der Waals surface area contributed by atoms with Gasteiger partial charge in [-0.3, -0.25) is 0 Å². The largest absolute Gasteiger partial charge is 0.496 e. The third-order valence-corrected chi connectivity index (χ3v) is 5.23. The number of hydrogen-bond acceptors (Lipinski definition) is 5. The van der Waals surface area contributed by atoms with Crippen molar-refractivity contribution in [3.8, 4) is 5.75 Å². The minimum atomic E-state index is -3.65. The number of sulfonamides is 1. The summed E-state index contributed by atoms with van der Waals surface area (Å²) in [4.78, 5) is 10.9. The molecule has 0 unspecified atom stereocenters. The molecule has 0 atom stereocenters. The van der Waals surface area contributed by atoms with E-state index in [1.807, 2.05) is 25.1 Å². The molecule has 0 aliphatic rings. The lowest BCUT2D eigenvalue weighted by molar-refractivity contribution is 0.409. The third-order valence-electron chi connectivity index (χ3n) is 3.73. The lowest BCUT2D eigenvalue weighted by atomic mass is 10.1. The number of H-pyrrole nitrogens is 1. The van der Waals surface area contributed by atoms with Crippen LogP contribution in [0.15, 0.2) is 41.8 Å². The zero-order chi connectivity index (χ0) is 17.2. The second-order valence-electron chi connectivity index (χ2n) is 5.40. The highest BCUT2D eigenvalue weighted by Gasteiger charge is 2.19. The number of rotatable bonds is 6. The Morgan fingerprint density at radius 1 is 1.33 bits per heavy atom. The van der Waals surface area contributed by atoms with E-state index in [-0.39, 0.29) is 11.4 Å². The van der Waals surface area contributed by atoms with Crippen LogP contribution in [-0.2, 0) is 16.4 Å². The summed E-state index contributed by atoms with van der Waals surface area (Å²) in [5, 5.41) is 0.470. The summed E-state index contributed by atoms with van der Waals surface area (Å²) in [6, 6.07) is 5.83. The van der Waals surface area contributed by atoms with Gasteiger partial charge in [-0.1, -0.05) is 17.7 Å². The van der Waals surface area contributed by atoms with Crippen LogP contribution in [0.3, 0.4) is 0 Å². The molecule has 3 aromatic rings. The van der Waals surface area contributed by atoms with E-state index in [4.69, 9.17) is 4.74 Å². The first-order chi connectivity index (χ1) is 11.5. The Balaban J connectivity index is 1.76. The number of aromatic nitrogens is 3. The van der Waals surface area contributed by atoms with Gasteiger partial charge in [-0.25, -0.2) is 23.1 Å². The van der Waals surface area contributed by atoms with Crippen LogP contribution in [0.4, 0.5) is 0 Å². The van der Waals surface area contributed by atoms with Crippen LogP contribution in [0.1, 0.15) is 11.1 Å². The topological polar surface area (TPSA) is 97.0 Å². The van der Waals surface area contributed by atoms with Crippen LogP contribution >= 0.6 is 0 Å². The van der Waals surface area contributed by atoms with Gasteiger partial charge in [0.1, 0.15) is 22.6 Å². The normalized spacial score (nSPS) is 11.8. The molecular weight excluding hydrogens is 328 g/mol. The van der Waals surface area contributed by atoms with Gasteiger partial charge in [-0.2, -0.15) is 0 Å². The van der Waals surface area contributed by atoms with Crippen molar-refractivity contribution in [2.45, 2.75) is 18.2 Å². The Labute approximate surface area is 140 Å². The summed E-state index contributed by atoms with van der Waals surface area (Å²) in [5.74, 6) is 0.750. The summed E-state index contributed by atoms with van der Waals surface area (Å²) in [7, 11) is -2.04. The predicted octanol–water partition coefficient (Wildman–Crippen LogP) is 1.80. The number of aryl methyl sites for hydroxylation is 1. The molecule has 0 saturated heterocycles. The molecule has 0 radical (unpaired) electrons.